The van der Waals surface area contributed by atoms with Crippen LogP contribution in [0.15, 0.2) is 72.1 Å². The third-order valence-electron chi connectivity index (χ3n) is 5.69. The summed E-state index contributed by atoms with van der Waals surface area (Å²) < 4.78 is 40.9. The van der Waals surface area contributed by atoms with Gasteiger partial charge < -0.3 is 29.4 Å². The number of ether oxygens (including phenoxy) is 5. The van der Waals surface area contributed by atoms with E-state index in [0.717, 1.165) is 5.56 Å². The fourth-order valence-corrected chi connectivity index (χ4v) is 3.95. The van der Waals surface area contributed by atoms with Crippen molar-refractivity contribution in [2.24, 2.45) is 5.73 Å². The van der Waals surface area contributed by atoms with E-state index >= 15 is 0 Å². The highest BCUT2D eigenvalue weighted by molar-refractivity contribution is 5.77. The predicted molar refractivity (Wildman–Crippen MR) is 132 cm³/mol. The Morgan fingerprint density at radius 1 is 1.11 bits per heavy atom. The molecule has 190 valence electrons. The number of allylic oxidation sites excluding steroid dienone is 1. The van der Waals surface area contributed by atoms with Crippen LogP contribution in [0.4, 0.5) is 4.39 Å². The van der Waals surface area contributed by atoms with Crippen molar-refractivity contribution in [3.05, 3.63) is 89.1 Å². The number of nitrogens with zero attached hydrogens (tertiary/aromatic N) is 1. The van der Waals surface area contributed by atoms with Gasteiger partial charge in [0.15, 0.2) is 17.6 Å². The zero-order valence-electron chi connectivity index (χ0n) is 20.5. The van der Waals surface area contributed by atoms with Gasteiger partial charge in [-0.15, -0.1) is 0 Å². The van der Waals surface area contributed by atoms with E-state index in [9.17, 15) is 14.4 Å². The second-order valence-corrected chi connectivity index (χ2v) is 8.10. The molecule has 3 aromatic carbocycles. The number of methoxy groups -OCH3 is 1. The summed E-state index contributed by atoms with van der Waals surface area (Å²) in [6, 6.07) is 17.7. The first-order valence-electron chi connectivity index (χ1n) is 11.5. The van der Waals surface area contributed by atoms with Gasteiger partial charge in [-0.2, -0.15) is 5.26 Å². The lowest BCUT2D eigenvalue weighted by atomic mass is 9.83. The molecule has 0 aromatic heterocycles. The topological polar surface area (TPSA) is 113 Å². The van der Waals surface area contributed by atoms with E-state index < -0.39 is 23.8 Å². The Labute approximate surface area is 213 Å². The lowest BCUT2D eigenvalue weighted by Gasteiger charge is -2.27. The summed E-state index contributed by atoms with van der Waals surface area (Å²) >= 11 is 0. The molecule has 0 saturated heterocycles. The van der Waals surface area contributed by atoms with Gasteiger partial charge in [-0.25, -0.2) is 9.18 Å². The van der Waals surface area contributed by atoms with Gasteiger partial charge in [0.1, 0.15) is 34.7 Å². The summed E-state index contributed by atoms with van der Waals surface area (Å²) in [4.78, 5) is 12.6. The maximum Gasteiger partial charge on any atom is 0.352 e. The number of rotatable bonds is 8. The van der Waals surface area contributed by atoms with Crippen LogP contribution in [0.5, 0.6) is 28.7 Å². The quantitative estimate of drug-likeness (QED) is 0.343. The van der Waals surface area contributed by atoms with Gasteiger partial charge in [-0.3, -0.25) is 0 Å². The van der Waals surface area contributed by atoms with E-state index in [0.29, 0.717) is 35.2 Å². The third-order valence-corrected chi connectivity index (χ3v) is 5.69. The lowest BCUT2D eigenvalue weighted by Crippen LogP contribution is -2.28. The zero-order chi connectivity index (χ0) is 26.5. The Hall–Kier alpha value is -4.71. The Morgan fingerprint density at radius 3 is 2.51 bits per heavy atom. The molecule has 3 aromatic rings. The summed E-state index contributed by atoms with van der Waals surface area (Å²) in [7, 11) is 1.54. The third kappa shape index (κ3) is 5.43. The molecule has 1 heterocycles. The van der Waals surface area contributed by atoms with E-state index in [4.69, 9.17) is 29.4 Å². The molecular formula is C28H25FN2O6. The monoisotopic (exact) mass is 504 g/mol. The van der Waals surface area contributed by atoms with Crippen LogP contribution in [0.2, 0.25) is 0 Å². The number of carbonyl (C=O) groups excluding carboxylic acids is 1. The smallest absolute Gasteiger partial charge is 0.352 e. The molecule has 8 nitrogen and oxygen atoms in total. The molecule has 1 aliphatic heterocycles. The number of esters is 1. The molecule has 2 unspecified atom stereocenters. The number of halogens is 1. The number of hydrogen-bond acceptors (Lipinski definition) is 8. The van der Waals surface area contributed by atoms with Crippen molar-refractivity contribution >= 4 is 5.97 Å². The average Bonchev–Trinajstić information content (AvgIpc) is 2.89. The SMILES string of the molecule is CCOc1ccc(C2C(C#N)=C(N)Oc3cc(OC(=O)C(C)Oc4ccc(F)cc4)ccc32)cc1OC. The first-order valence-corrected chi connectivity index (χ1v) is 11.5. The van der Waals surface area contributed by atoms with Crippen molar-refractivity contribution in [1.82, 2.24) is 0 Å². The highest BCUT2D eigenvalue weighted by atomic mass is 19.1. The van der Waals surface area contributed by atoms with Crippen LogP contribution in [0.25, 0.3) is 0 Å². The van der Waals surface area contributed by atoms with E-state index in [-0.39, 0.29) is 17.2 Å². The van der Waals surface area contributed by atoms with Crippen molar-refractivity contribution in [3.63, 3.8) is 0 Å². The standard InChI is InChI=1S/C28H25FN2O6/c1-4-34-23-12-5-17(13-25(23)33-3)26-21-11-10-20(14-24(21)37-27(31)22(26)15-30)36-28(32)16(2)35-19-8-6-18(29)7-9-19/h5-14,16,26H,4,31H2,1-3H3. The van der Waals surface area contributed by atoms with Crippen LogP contribution in [0.1, 0.15) is 30.9 Å². The van der Waals surface area contributed by atoms with E-state index in [1.807, 2.05) is 13.0 Å². The summed E-state index contributed by atoms with van der Waals surface area (Å²) in [5.74, 6) is 0.310. The minimum Gasteiger partial charge on any atom is -0.493 e. The van der Waals surface area contributed by atoms with E-state index in [2.05, 4.69) is 6.07 Å². The molecule has 37 heavy (non-hydrogen) atoms. The minimum absolute atomic E-state index is 0.0515. The van der Waals surface area contributed by atoms with Crippen LogP contribution in [0.3, 0.4) is 0 Å². The van der Waals surface area contributed by atoms with Crippen LogP contribution >= 0.6 is 0 Å². The van der Waals surface area contributed by atoms with Gasteiger partial charge in [-0.05, 0) is 61.9 Å². The van der Waals surface area contributed by atoms with Gasteiger partial charge in [0.25, 0.3) is 0 Å². The molecule has 0 saturated carbocycles. The first kappa shape index (κ1) is 25.4. The van der Waals surface area contributed by atoms with E-state index in [1.54, 1.807) is 24.3 Å². The second kappa shape index (κ2) is 10.9. The van der Waals surface area contributed by atoms with Gasteiger partial charge in [0.05, 0.1) is 19.6 Å². The molecule has 0 amide bonds. The molecule has 1 aliphatic rings. The highest BCUT2D eigenvalue weighted by Gasteiger charge is 2.32. The highest BCUT2D eigenvalue weighted by Crippen LogP contribution is 2.45. The van der Waals surface area contributed by atoms with Crippen molar-refractivity contribution in [2.45, 2.75) is 25.9 Å². The Bertz CT molecular complexity index is 1380. The lowest BCUT2D eigenvalue weighted by molar-refractivity contribution is -0.141. The summed E-state index contributed by atoms with van der Waals surface area (Å²) in [6.45, 7) is 3.87. The van der Waals surface area contributed by atoms with E-state index in [1.165, 1.54) is 44.4 Å². The molecule has 0 bridgehead atoms. The maximum absolute atomic E-state index is 13.1. The fourth-order valence-electron chi connectivity index (χ4n) is 3.95. The van der Waals surface area contributed by atoms with Crippen LogP contribution in [-0.4, -0.2) is 25.8 Å². The Balaban J connectivity index is 1.60. The molecule has 2 N–H and O–H groups in total. The van der Waals surface area contributed by atoms with Gasteiger partial charge in [-0.1, -0.05) is 12.1 Å². The van der Waals surface area contributed by atoms with Gasteiger partial charge in [0, 0.05) is 11.6 Å². The number of nitrogens with two attached hydrogens (primary N) is 1. The largest absolute Gasteiger partial charge is 0.493 e. The molecule has 0 spiro atoms. The minimum atomic E-state index is -0.957. The molecule has 0 radical (unpaired) electrons. The number of benzene rings is 3. The zero-order valence-corrected chi connectivity index (χ0v) is 20.5. The number of carbonyl (C=O) groups is 1. The number of fused-ring (bicyclic) bond motifs is 1. The molecule has 0 fully saturated rings. The van der Waals surface area contributed by atoms with Crippen LogP contribution in [-0.2, 0) is 4.79 Å². The van der Waals surface area contributed by atoms with Gasteiger partial charge in [0.2, 0.25) is 5.88 Å². The first-order chi connectivity index (χ1) is 17.8. The molecule has 9 heteroatoms. The van der Waals surface area contributed by atoms with Gasteiger partial charge >= 0.3 is 5.97 Å². The Morgan fingerprint density at radius 2 is 1.84 bits per heavy atom. The fraction of sp³-hybridized carbons (Fsp3) is 0.214. The van der Waals surface area contributed by atoms with Crippen LogP contribution < -0.4 is 29.4 Å². The Kier molecular flexibility index (Phi) is 7.49. The number of nitriles is 1. The maximum atomic E-state index is 13.1. The normalized spacial score (nSPS) is 15.1. The molecule has 2 atom stereocenters. The summed E-state index contributed by atoms with van der Waals surface area (Å²) in [5.41, 5.74) is 7.75. The molecular weight excluding hydrogens is 479 g/mol. The summed E-state index contributed by atoms with van der Waals surface area (Å²) in [5, 5.41) is 9.83. The van der Waals surface area contributed by atoms with Crippen LogP contribution in [0, 0.1) is 17.1 Å². The summed E-state index contributed by atoms with van der Waals surface area (Å²) in [6.07, 6.45) is -0.957. The predicted octanol–water partition coefficient (Wildman–Crippen LogP) is 4.82. The second-order valence-electron chi connectivity index (χ2n) is 8.10. The van der Waals surface area contributed by atoms with Crippen molar-refractivity contribution in [3.8, 4) is 34.8 Å². The average molecular weight is 505 g/mol. The molecule has 0 aliphatic carbocycles. The molecule has 4 rings (SSSR count). The number of hydrogen-bond donors (Lipinski definition) is 1. The van der Waals surface area contributed by atoms with Crippen molar-refractivity contribution in [2.75, 3.05) is 13.7 Å². The van der Waals surface area contributed by atoms with Crippen molar-refractivity contribution < 1.29 is 32.9 Å². The van der Waals surface area contributed by atoms with Crippen molar-refractivity contribution in [1.29, 1.82) is 5.26 Å².